The number of nitrogens with one attached hydrogen (secondary N) is 2. The SMILES string of the molecule is CN1CC(=O)Nc2ccccc2C(=O)Nc2ccccc2C(=O)O[C@H](Cc2ccccc2)C1=O. The van der Waals surface area contributed by atoms with Crippen molar-refractivity contribution in [1.29, 1.82) is 0 Å². The van der Waals surface area contributed by atoms with Crippen molar-refractivity contribution < 1.29 is 23.9 Å². The summed E-state index contributed by atoms with van der Waals surface area (Å²) in [4.78, 5) is 53.2. The number of nitrogens with zero attached hydrogens (tertiary/aromatic N) is 1. The molecule has 0 saturated heterocycles. The highest BCUT2D eigenvalue weighted by Crippen LogP contribution is 2.22. The largest absolute Gasteiger partial charge is 0.448 e. The molecular formula is C26H23N3O5. The molecule has 1 heterocycles. The van der Waals surface area contributed by atoms with Crippen LogP contribution in [0.5, 0.6) is 0 Å². The summed E-state index contributed by atoms with van der Waals surface area (Å²) in [6.07, 6.45) is -1.03. The first-order chi connectivity index (χ1) is 16.4. The normalized spacial score (nSPS) is 17.0. The molecule has 0 fully saturated rings. The van der Waals surface area contributed by atoms with Gasteiger partial charge in [-0.3, -0.25) is 14.4 Å². The second-order valence-corrected chi connectivity index (χ2v) is 7.87. The number of likely N-dealkylation sites (N-methyl/N-ethyl adjacent to an activating group) is 1. The summed E-state index contributed by atoms with van der Waals surface area (Å²) in [5.74, 6) is -2.26. The zero-order valence-corrected chi connectivity index (χ0v) is 18.5. The van der Waals surface area contributed by atoms with Crippen molar-refractivity contribution >= 4 is 35.1 Å². The third-order valence-corrected chi connectivity index (χ3v) is 5.39. The third-order valence-electron chi connectivity index (χ3n) is 5.39. The highest BCUT2D eigenvalue weighted by molar-refractivity contribution is 6.12. The maximum atomic E-state index is 13.2. The fourth-order valence-electron chi connectivity index (χ4n) is 3.68. The summed E-state index contributed by atoms with van der Waals surface area (Å²) in [5, 5.41) is 5.41. The van der Waals surface area contributed by atoms with E-state index >= 15 is 0 Å². The standard InChI is InChI=1S/C26H23N3O5/c1-29-16-23(30)27-20-13-7-5-11-18(20)24(31)28-21-14-8-6-12-19(21)26(33)34-22(25(29)32)15-17-9-3-2-4-10-17/h2-14,22H,15-16H2,1H3,(H,27,30)(H,28,31)/t22-/m1/s1. The lowest BCUT2D eigenvalue weighted by Crippen LogP contribution is -2.44. The van der Waals surface area contributed by atoms with Crippen LogP contribution in [0.25, 0.3) is 0 Å². The van der Waals surface area contributed by atoms with Gasteiger partial charge in [-0.2, -0.15) is 0 Å². The Kier molecular flexibility index (Phi) is 6.68. The number of ether oxygens (including phenoxy) is 1. The number of carbonyl (C=O) groups excluding carboxylic acids is 4. The highest BCUT2D eigenvalue weighted by atomic mass is 16.5. The van der Waals surface area contributed by atoms with E-state index in [2.05, 4.69) is 10.6 Å². The quantitative estimate of drug-likeness (QED) is 0.576. The van der Waals surface area contributed by atoms with Gasteiger partial charge in [0.15, 0.2) is 6.10 Å². The summed E-state index contributed by atoms with van der Waals surface area (Å²) in [5.41, 5.74) is 1.65. The molecule has 0 radical (unpaired) electrons. The molecule has 0 spiro atoms. The monoisotopic (exact) mass is 457 g/mol. The van der Waals surface area contributed by atoms with Crippen LogP contribution < -0.4 is 10.6 Å². The van der Waals surface area contributed by atoms with Crippen LogP contribution in [0.3, 0.4) is 0 Å². The summed E-state index contributed by atoms with van der Waals surface area (Å²) in [7, 11) is 1.46. The highest BCUT2D eigenvalue weighted by Gasteiger charge is 2.29. The van der Waals surface area contributed by atoms with Crippen LogP contribution in [0.1, 0.15) is 26.3 Å². The number of rotatable bonds is 2. The zero-order chi connectivity index (χ0) is 24.1. The molecule has 3 aromatic carbocycles. The van der Waals surface area contributed by atoms with Gasteiger partial charge < -0.3 is 20.3 Å². The third kappa shape index (κ3) is 5.12. The number of carbonyl (C=O) groups is 4. The first kappa shape index (κ1) is 22.7. The number of benzene rings is 3. The Hall–Kier alpha value is -4.46. The maximum absolute atomic E-state index is 13.2. The fraction of sp³-hybridized carbons (Fsp3) is 0.154. The molecule has 1 aliphatic rings. The van der Waals surface area contributed by atoms with Gasteiger partial charge in [0.05, 0.1) is 29.0 Å². The van der Waals surface area contributed by atoms with Crippen molar-refractivity contribution in [3.05, 3.63) is 95.6 Å². The Bertz CT molecular complexity index is 1240. The molecule has 4 rings (SSSR count). The van der Waals surface area contributed by atoms with Crippen molar-refractivity contribution in [2.24, 2.45) is 0 Å². The van der Waals surface area contributed by atoms with Crippen molar-refractivity contribution in [2.45, 2.75) is 12.5 Å². The number of fused-ring (bicyclic) bond motifs is 2. The van der Waals surface area contributed by atoms with E-state index in [1.54, 1.807) is 42.5 Å². The summed E-state index contributed by atoms with van der Waals surface area (Å²) >= 11 is 0. The number of amides is 3. The second kappa shape index (κ2) is 9.99. The van der Waals surface area contributed by atoms with Crippen LogP contribution in [-0.2, 0) is 20.7 Å². The van der Waals surface area contributed by atoms with E-state index in [0.717, 1.165) is 5.56 Å². The van der Waals surface area contributed by atoms with E-state index < -0.39 is 29.8 Å². The zero-order valence-electron chi connectivity index (χ0n) is 18.5. The van der Waals surface area contributed by atoms with Gasteiger partial charge >= 0.3 is 5.97 Å². The predicted octanol–water partition coefficient (Wildman–Crippen LogP) is 3.12. The van der Waals surface area contributed by atoms with E-state index in [4.69, 9.17) is 4.74 Å². The van der Waals surface area contributed by atoms with Gasteiger partial charge in [-0.25, -0.2) is 4.79 Å². The number of hydrogen-bond donors (Lipinski definition) is 2. The van der Waals surface area contributed by atoms with Gasteiger partial charge in [0.2, 0.25) is 5.91 Å². The second-order valence-electron chi connectivity index (χ2n) is 7.87. The molecule has 8 nitrogen and oxygen atoms in total. The lowest BCUT2D eigenvalue weighted by Gasteiger charge is -2.25. The Balaban J connectivity index is 1.74. The van der Waals surface area contributed by atoms with E-state index in [0.29, 0.717) is 5.69 Å². The fourth-order valence-corrected chi connectivity index (χ4v) is 3.68. The maximum Gasteiger partial charge on any atom is 0.341 e. The minimum absolute atomic E-state index is 0.114. The molecule has 0 aromatic heterocycles. The van der Waals surface area contributed by atoms with Crippen LogP contribution in [0.15, 0.2) is 78.9 Å². The molecule has 172 valence electrons. The first-order valence-electron chi connectivity index (χ1n) is 10.7. The van der Waals surface area contributed by atoms with Gasteiger partial charge in [-0.1, -0.05) is 54.6 Å². The Labute approximate surface area is 196 Å². The molecule has 8 heteroatoms. The molecule has 34 heavy (non-hydrogen) atoms. The van der Waals surface area contributed by atoms with E-state index in [9.17, 15) is 19.2 Å². The molecule has 2 N–H and O–H groups in total. The van der Waals surface area contributed by atoms with Crippen molar-refractivity contribution in [3.63, 3.8) is 0 Å². The van der Waals surface area contributed by atoms with Crippen molar-refractivity contribution in [3.8, 4) is 0 Å². The number of anilines is 2. The van der Waals surface area contributed by atoms with Crippen molar-refractivity contribution in [2.75, 3.05) is 24.2 Å². The average Bonchev–Trinajstić information content (AvgIpc) is 2.83. The molecule has 3 aromatic rings. The van der Waals surface area contributed by atoms with Gasteiger partial charge in [-0.15, -0.1) is 0 Å². The summed E-state index contributed by atoms with van der Waals surface area (Å²) < 4.78 is 5.64. The Morgan fingerprint density at radius 1 is 0.794 bits per heavy atom. The van der Waals surface area contributed by atoms with Gasteiger partial charge in [-0.05, 0) is 29.8 Å². The van der Waals surface area contributed by atoms with Crippen LogP contribution in [0, 0.1) is 0 Å². The van der Waals surface area contributed by atoms with E-state index in [-0.39, 0.29) is 29.8 Å². The first-order valence-corrected chi connectivity index (χ1v) is 10.7. The number of cyclic esters (lactones) is 1. The predicted molar refractivity (Wildman–Crippen MR) is 126 cm³/mol. The topological polar surface area (TPSA) is 105 Å². The average molecular weight is 457 g/mol. The minimum Gasteiger partial charge on any atom is -0.448 e. The van der Waals surface area contributed by atoms with Crippen LogP contribution in [-0.4, -0.2) is 48.3 Å². The van der Waals surface area contributed by atoms with Crippen LogP contribution in [0.4, 0.5) is 11.4 Å². The van der Waals surface area contributed by atoms with Gasteiger partial charge in [0.1, 0.15) is 0 Å². The summed E-state index contributed by atoms with van der Waals surface area (Å²) in [6, 6.07) is 22.0. The molecule has 0 bridgehead atoms. The van der Waals surface area contributed by atoms with E-state index in [1.165, 1.54) is 18.0 Å². The smallest absolute Gasteiger partial charge is 0.341 e. The Morgan fingerprint density at radius 2 is 1.38 bits per heavy atom. The lowest BCUT2D eigenvalue weighted by molar-refractivity contribution is -0.141. The van der Waals surface area contributed by atoms with Crippen LogP contribution in [0.2, 0.25) is 0 Å². The molecule has 0 aliphatic carbocycles. The van der Waals surface area contributed by atoms with Crippen molar-refractivity contribution in [1.82, 2.24) is 4.90 Å². The number of para-hydroxylation sites is 2. The lowest BCUT2D eigenvalue weighted by atomic mass is 10.1. The van der Waals surface area contributed by atoms with Gasteiger partial charge in [0, 0.05) is 13.5 Å². The Morgan fingerprint density at radius 3 is 2.09 bits per heavy atom. The van der Waals surface area contributed by atoms with Crippen LogP contribution >= 0.6 is 0 Å². The molecule has 1 aliphatic heterocycles. The number of esters is 1. The molecule has 3 amide bonds. The molecule has 0 unspecified atom stereocenters. The number of hydrogen-bond acceptors (Lipinski definition) is 5. The molecule has 1 atom stereocenters. The molecular weight excluding hydrogens is 434 g/mol. The van der Waals surface area contributed by atoms with E-state index in [1.807, 2.05) is 30.3 Å². The molecule has 0 saturated carbocycles. The summed E-state index contributed by atoms with van der Waals surface area (Å²) in [6.45, 7) is -0.284. The van der Waals surface area contributed by atoms with Gasteiger partial charge in [0.25, 0.3) is 11.8 Å². The minimum atomic E-state index is -1.16.